The Kier molecular flexibility index (Phi) is 4.85. The van der Waals surface area contributed by atoms with E-state index in [1.54, 1.807) is 31.2 Å². The second-order valence-electron chi connectivity index (χ2n) is 6.94. The molecular weight excluding hydrogens is 365 g/mol. The van der Waals surface area contributed by atoms with Crippen LogP contribution in [0.4, 0.5) is 23.7 Å². The quantitative estimate of drug-likeness (QED) is 0.855. The largest absolute Gasteiger partial charge is 0.416 e. The number of carbonyl (C=O) groups excluding carboxylic acids is 1. The van der Waals surface area contributed by atoms with E-state index in [4.69, 9.17) is 9.26 Å². The lowest BCUT2D eigenvalue weighted by atomic mass is 10.1. The molecule has 27 heavy (non-hydrogen) atoms. The van der Waals surface area contributed by atoms with E-state index in [-0.39, 0.29) is 6.54 Å². The standard InChI is InChI=1S/C17H19F3N4O3/c1-10-21-14(23-27-10)11-5-4-6-12(7-11)22-15(25)24-8-13(17(18,19)20)26-16(2,3)9-24/h4-7,13H,8-9H2,1-3H3,(H,22,25). The summed E-state index contributed by atoms with van der Waals surface area (Å²) in [7, 11) is 0. The number of amides is 2. The fourth-order valence-electron chi connectivity index (χ4n) is 2.86. The molecule has 3 rings (SSSR count). The molecule has 2 amide bonds. The Morgan fingerprint density at radius 1 is 1.37 bits per heavy atom. The highest BCUT2D eigenvalue weighted by Gasteiger charge is 2.49. The molecule has 1 aromatic carbocycles. The molecule has 1 fully saturated rings. The molecule has 0 bridgehead atoms. The topological polar surface area (TPSA) is 80.5 Å². The summed E-state index contributed by atoms with van der Waals surface area (Å²) in [6.07, 6.45) is -6.58. The molecule has 146 valence electrons. The van der Waals surface area contributed by atoms with Crippen LogP contribution < -0.4 is 5.32 Å². The van der Waals surface area contributed by atoms with Crippen LogP contribution in [0.3, 0.4) is 0 Å². The van der Waals surface area contributed by atoms with Crippen molar-refractivity contribution in [2.75, 3.05) is 18.4 Å². The van der Waals surface area contributed by atoms with Gasteiger partial charge in [0.05, 0.1) is 18.7 Å². The van der Waals surface area contributed by atoms with Gasteiger partial charge in [0, 0.05) is 18.2 Å². The van der Waals surface area contributed by atoms with E-state index in [0.29, 0.717) is 23.0 Å². The van der Waals surface area contributed by atoms with Crippen LogP contribution in [0, 0.1) is 6.92 Å². The number of benzene rings is 1. The van der Waals surface area contributed by atoms with Gasteiger partial charge in [0.2, 0.25) is 11.7 Å². The lowest BCUT2D eigenvalue weighted by molar-refractivity contribution is -0.267. The molecule has 1 aromatic heterocycles. The van der Waals surface area contributed by atoms with Gasteiger partial charge in [0.15, 0.2) is 6.10 Å². The molecule has 2 aromatic rings. The number of rotatable bonds is 2. The van der Waals surface area contributed by atoms with E-state index < -0.39 is 30.5 Å². The molecule has 0 spiro atoms. The summed E-state index contributed by atoms with van der Waals surface area (Å²) < 4.78 is 49.3. The van der Waals surface area contributed by atoms with Gasteiger partial charge in [0.1, 0.15) is 0 Å². The number of nitrogens with zero attached hydrogens (tertiary/aromatic N) is 3. The molecule has 1 aliphatic rings. The number of anilines is 1. The van der Waals surface area contributed by atoms with Gasteiger partial charge in [-0.05, 0) is 26.0 Å². The van der Waals surface area contributed by atoms with Gasteiger partial charge in [-0.25, -0.2) is 4.79 Å². The van der Waals surface area contributed by atoms with Crippen LogP contribution in [0.15, 0.2) is 28.8 Å². The summed E-state index contributed by atoms with van der Waals surface area (Å²) in [6, 6.07) is 6.02. The lowest BCUT2D eigenvalue weighted by Gasteiger charge is -2.43. The van der Waals surface area contributed by atoms with Crippen molar-refractivity contribution in [2.45, 2.75) is 38.7 Å². The van der Waals surface area contributed by atoms with Gasteiger partial charge in [-0.15, -0.1) is 0 Å². The lowest BCUT2D eigenvalue weighted by Crippen LogP contribution is -2.59. The minimum atomic E-state index is -4.55. The van der Waals surface area contributed by atoms with Crippen molar-refractivity contribution in [3.8, 4) is 11.4 Å². The van der Waals surface area contributed by atoms with Crippen molar-refractivity contribution in [1.82, 2.24) is 15.0 Å². The van der Waals surface area contributed by atoms with E-state index in [1.165, 1.54) is 13.8 Å². The zero-order chi connectivity index (χ0) is 19.8. The normalized spacial score (nSPS) is 19.8. The number of aryl methyl sites for hydroxylation is 1. The fourth-order valence-corrected chi connectivity index (χ4v) is 2.86. The van der Waals surface area contributed by atoms with Gasteiger partial charge in [-0.3, -0.25) is 0 Å². The third kappa shape index (κ3) is 4.57. The highest BCUT2D eigenvalue weighted by Crippen LogP contribution is 2.32. The maximum atomic E-state index is 13.1. The molecule has 7 nitrogen and oxygen atoms in total. The number of morpholine rings is 1. The van der Waals surface area contributed by atoms with Crippen molar-refractivity contribution in [2.24, 2.45) is 0 Å². The summed E-state index contributed by atoms with van der Waals surface area (Å²) in [4.78, 5) is 17.7. The van der Waals surface area contributed by atoms with Crippen LogP contribution in [0.25, 0.3) is 11.4 Å². The van der Waals surface area contributed by atoms with Crippen LogP contribution >= 0.6 is 0 Å². The molecule has 1 N–H and O–H groups in total. The first kappa shape index (κ1) is 19.2. The first-order chi connectivity index (χ1) is 12.5. The Bertz CT molecular complexity index is 835. The van der Waals surface area contributed by atoms with Gasteiger partial charge in [-0.2, -0.15) is 18.2 Å². The smallest absolute Gasteiger partial charge is 0.359 e. The van der Waals surface area contributed by atoms with E-state index in [9.17, 15) is 18.0 Å². The number of carbonyl (C=O) groups is 1. The zero-order valence-corrected chi connectivity index (χ0v) is 15.0. The van der Waals surface area contributed by atoms with Crippen molar-refractivity contribution in [3.05, 3.63) is 30.2 Å². The zero-order valence-electron chi connectivity index (χ0n) is 15.0. The van der Waals surface area contributed by atoms with E-state index >= 15 is 0 Å². The average molecular weight is 384 g/mol. The fraction of sp³-hybridized carbons (Fsp3) is 0.471. The first-order valence-corrected chi connectivity index (χ1v) is 8.25. The Morgan fingerprint density at radius 3 is 2.74 bits per heavy atom. The number of alkyl halides is 3. The van der Waals surface area contributed by atoms with Gasteiger partial charge >= 0.3 is 12.2 Å². The summed E-state index contributed by atoms with van der Waals surface area (Å²) >= 11 is 0. The van der Waals surface area contributed by atoms with Crippen LogP contribution in [0.2, 0.25) is 0 Å². The summed E-state index contributed by atoms with van der Waals surface area (Å²) in [6.45, 7) is 4.16. The highest BCUT2D eigenvalue weighted by atomic mass is 19.4. The Morgan fingerprint density at radius 2 is 2.11 bits per heavy atom. The minimum absolute atomic E-state index is 0.0368. The summed E-state index contributed by atoms with van der Waals surface area (Å²) in [5.74, 6) is 0.751. The van der Waals surface area contributed by atoms with Crippen molar-refractivity contribution in [3.63, 3.8) is 0 Å². The molecule has 0 radical (unpaired) electrons. The Labute approximate surface area is 153 Å². The molecule has 1 saturated heterocycles. The molecule has 1 atom stereocenters. The number of nitrogens with one attached hydrogen (secondary N) is 1. The molecular formula is C17H19F3N4O3. The maximum absolute atomic E-state index is 13.1. The minimum Gasteiger partial charge on any atom is -0.359 e. The molecule has 0 aliphatic carbocycles. The number of aromatic nitrogens is 2. The predicted molar refractivity (Wildman–Crippen MR) is 90.1 cm³/mol. The van der Waals surface area contributed by atoms with Crippen LogP contribution in [-0.2, 0) is 4.74 Å². The van der Waals surface area contributed by atoms with E-state index in [2.05, 4.69) is 15.5 Å². The SMILES string of the molecule is Cc1nc(-c2cccc(NC(=O)N3CC(C(F)(F)F)OC(C)(C)C3)c2)no1. The first-order valence-electron chi connectivity index (χ1n) is 8.25. The average Bonchev–Trinajstić information content (AvgIpc) is 2.99. The molecule has 2 heterocycles. The van der Waals surface area contributed by atoms with Gasteiger partial charge in [-0.1, -0.05) is 17.3 Å². The van der Waals surface area contributed by atoms with Crippen molar-refractivity contribution in [1.29, 1.82) is 0 Å². The Hall–Kier alpha value is -2.62. The van der Waals surface area contributed by atoms with E-state index in [0.717, 1.165) is 4.90 Å². The number of ether oxygens (including phenoxy) is 1. The second-order valence-corrected chi connectivity index (χ2v) is 6.94. The van der Waals surface area contributed by atoms with E-state index in [1.807, 2.05) is 0 Å². The monoisotopic (exact) mass is 384 g/mol. The van der Waals surface area contributed by atoms with Gasteiger partial charge in [0.25, 0.3) is 0 Å². The van der Waals surface area contributed by atoms with Crippen molar-refractivity contribution >= 4 is 11.7 Å². The number of halogens is 3. The van der Waals surface area contributed by atoms with Crippen molar-refractivity contribution < 1.29 is 27.2 Å². The summed E-state index contributed by atoms with van der Waals surface area (Å²) in [5, 5.41) is 6.42. The third-order valence-corrected chi connectivity index (χ3v) is 3.97. The molecule has 0 saturated carbocycles. The van der Waals surface area contributed by atoms with Gasteiger partial charge < -0.3 is 19.5 Å². The van der Waals surface area contributed by atoms with Crippen LogP contribution in [-0.4, -0.2) is 52.0 Å². The highest BCUT2D eigenvalue weighted by molar-refractivity contribution is 5.90. The Balaban J connectivity index is 1.75. The molecule has 1 aliphatic heterocycles. The summed E-state index contributed by atoms with van der Waals surface area (Å²) in [5.41, 5.74) is -0.0901. The number of hydrogen-bond acceptors (Lipinski definition) is 5. The second kappa shape index (κ2) is 6.84. The van der Waals surface area contributed by atoms with Crippen LogP contribution in [0.1, 0.15) is 19.7 Å². The number of urea groups is 1. The molecule has 1 unspecified atom stereocenters. The third-order valence-electron chi connectivity index (χ3n) is 3.97. The predicted octanol–water partition coefficient (Wildman–Crippen LogP) is 3.62. The molecule has 10 heteroatoms. The van der Waals surface area contributed by atoms with Crippen LogP contribution in [0.5, 0.6) is 0 Å². The number of hydrogen-bond donors (Lipinski definition) is 1. The maximum Gasteiger partial charge on any atom is 0.416 e.